The average molecular weight is 260 g/mol. The quantitative estimate of drug-likeness (QED) is 0.557. The molecule has 0 aliphatic heterocycles. The number of rotatable bonds is 5. The number of primary amides is 2. The summed E-state index contributed by atoms with van der Waals surface area (Å²) >= 11 is 0. The standard InChI is InChI=1S/C8H12N4O4S/c1-12-4-5(2-6(12)8(10)14)17(15,16)11-3-7(9)13/h2,4,11H,3H2,1H3,(H2,9,13)(H2,10,14). The normalized spacial score (nSPS) is 11.4. The first kappa shape index (κ1) is 13.2. The second kappa shape index (κ2) is 4.55. The first-order valence-electron chi connectivity index (χ1n) is 4.48. The summed E-state index contributed by atoms with van der Waals surface area (Å²) in [5.74, 6) is -1.55. The van der Waals surface area contributed by atoms with Crippen molar-refractivity contribution >= 4 is 21.8 Å². The van der Waals surface area contributed by atoms with E-state index in [1.807, 2.05) is 4.72 Å². The third-order valence-corrected chi connectivity index (χ3v) is 3.35. The molecule has 2 amide bonds. The Morgan fingerprint density at radius 2 is 2.00 bits per heavy atom. The van der Waals surface area contributed by atoms with Crippen molar-refractivity contribution in [3.05, 3.63) is 18.0 Å². The predicted octanol–water partition coefficient (Wildman–Crippen LogP) is -2.11. The Labute approximate surface area is 97.6 Å². The highest BCUT2D eigenvalue weighted by molar-refractivity contribution is 7.89. The third kappa shape index (κ3) is 3.04. The van der Waals surface area contributed by atoms with Gasteiger partial charge in [-0.05, 0) is 6.07 Å². The van der Waals surface area contributed by atoms with Crippen LogP contribution in [0.15, 0.2) is 17.2 Å². The summed E-state index contributed by atoms with van der Waals surface area (Å²) < 4.78 is 26.5. The lowest BCUT2D eigenvalue weighted by molar-refractivity contribution is -0.116. The fraction of sp³-hybridized carbons (Fsp3) is 0.250. The first-order valence-corrected chi connectivity index (χ1v) is 5.96. The highest BCUT2D eigenvalue weighted by Gasteiger charge is 2.19. The molecule has 0 saturated carbocycles. The van der Waals surface area contributed by atoms with Crippen molar-refractivity contribution in [1.29, 1.82) is 0 Å². The van der Waals surface area contributed by atoms with Crippen LogP contribution in [0.1, 0.15) is 10.5 Å². The Bertz CT molecular complexity index is 560. The summed E-state index contributed by atoms with van der Waals surface area (Å²) in [6.07, 6.45) is 1.21. The van der Waals surface area contributed by atoms with E-state index in [0.29, 0.717) is 0 Å². The number of hydrogen-bond acceptors (Lipinski definition) is 4. The molecule has 1 aromatic heterocycles. The fourth-order valence-electron chi connectivity index (χ4n) is 1.18. The van der Waals surface area contributed by atoms with E-state index in [2.05, 4.69) is 0 Å². The number of aromatic nitrogens is 1. The minimum Gasteiger partial charge on any atom is -0.369 e. The van der Waals surface area contributed by atoms with Crippen molar-refractivity contribution in [2.24, 2.45) is 18.5 Å². The number of sulfonamides is 1. The topological polar surface area (TPSA) is 137 Å². The van der Waals surface area contributed by atoms with E-state index in [4.69, 9.17) is 11.5 Å². The van der Waals surface area contributed by atoms with Crippen molar-refractivity contribution in [2.75, 3.05) is 6.54 Å². The Morgan fingerprint density at radius 3 is 2.41 bits per heavy atom. The summed E-state index contributed by atoms with van der Waals surface area (Å²) in [4.78, 5) is 21.3. The molecule has 0 unspecified atom stereocenters. The van der Waals surface area contributed by atoms with Gasteiger partial charge in [0, 0.05) is 13.2 Å². The predicted molar refractivity (Wildman–Crippen MR) is 58.3 cm³/mol. The molecule has 94 valence electrons. The van der Waals surface area contributed by atoms with Crippen LogP contribution in [-0.2, 0) is 21.9 Å². The molecule has 1 rings (SSSR count). The van der Waals surface area contributed by atoms with E-state index in [-0.39, 0.29) is 10.6 Å². The van der Waals surface area contributed by atoms with Crippen LogP contribution < -0.4 is 16.2 Å². The number of nitrogens with two attached hydrogens (primary N) is 2. The largest absolute Gasteiger partial charge is 0.369 e. The lowest BCUT2D eigenvalue weighted by Crippen LogP contribution is -2.33. The van der Waals surface area contributed by atoms with Crippen molar-refractivity contribution < 1.29 is 18.0 Å². The smallest absolute Gasteiger partial charge is 0.265 e. The number of hydrogen-bond donors (Lipinski definition) is 3. The summed E-state index contributed by atoms with van der Waals surface area (Å²) in [5, 5.41) is 0. The monoisotopic (exact) mass is 260 g/mol. The van der Waals surface area contributed by atoms with Crippen molar-refractivity contribution in [3.63, 3.8) is 0 Å². The number of aryl methyl sites for hydroxylation is 1. The fourth-order valence-corrected chi connectivity index (χ4v) is 2.24. The van der Waals surface area contributed by atoms with Crippen LogP contribution in [0.25, 0.3) is 0 Å². The molecule has 5 N–H and O–H groups in total. The van der Waals surface area contributed by atoms with Gasteiger partial charge >= 0.3 is 0 Å². The molecule has 0 fully saturated rings. The maximum Gasteiger partial charge on any atom is 0.265 e. The minimum atomic E-state index is -3.87. The van der Waals surface area contributed by atoms with Gasteiger partial charge in [0.15, 0.2) is 0 Å². The molecule has 0 spiro atoms. The summed E-state index contributed by atoms with van der Waals surface area (Å²) in [6.45, 7) is -0.511. The maximum absolute atomic E-state index is 11.6. The molecule has 1 aromatic rings. The number of carbonyl (C=O) groups is 2. The maximum atomic E-state index is 11.6. The van der Waals surface area contributed by atoms with Crippen LogP contribution in [0, 0.1) is 0 Å². The zero-order chi connectivity index (χ0) is 13.2. The summed E-state index contributed by atoms with van der Waals surface area (Å²) in [6, 6.07) is 1.12. The van der Waals surface area contributed by atoms with Crippen molar-refractivity contribution in [3.8, 4) is 0 Å². The lowest BCUT2D eigenvalue weighted by atomic mass is 10.4. The zero-order valence-corrected chi connectivity index (χ0v) is 9.82. The highest BCUT2D eigenvalue weighted by Crippen LogP contribution is 2.12. The van der Waals surface area contributed by atoms with E-state index in [0.717, 1.165) is 6.07 Å². The highest BCUT2D eigenvalue weighted by atomic mass is 32.2. The van der Waals surface area contributed by atoms with Crippen molar-refractivity contribution in [2.45, 2.75) is 4.90 Å². The SMILES string of the molecule is Cn1cc(S(=O)(=O)NCC(N)=O)cc1C(N)=O. The van der Waals surface area contributed by atoms with Crippen LogP contribution in [0.2, 0.25) is 0 Å². The molecular weight excluding hydrogens is 248 g/mol. The van der Waals surface area contributed by atoms with E-state index < -0.39 is 28.4 Å². The van der Waals surface area contributed by atoms with Crippen LogP contribution in [-0.4, -0.2) is 31.3 Å². The molecule has 0 saturated heterocycles. The number of amides is 2. The number of nitrogens with zero attached hydrogens (tertiary/aromatic N) is 1. The van der Waals surface area contributed by atoms with Gasteiger partial charge in [0.05, 0.1) is 6.54 Å². The van der Waals surface area contributed by atoms with Crippen LogP contribution in [0.5, 0.6) is 0 Å². The molecule has 1 heterocycles. The van der Waals surface area contributed by atoms with Gasteiger partial charge in [-0.25, -0.2) is 13.1 Å². The first-order chi connectivity index (χ1) is 7.74. The molecule has 0 atom stereocenters. The van der Waals surface area contributed by atoms with Crippen molar-refractivity contribution in [1.82, 2.24) is 9.29 Å². The lowest BCUT2D eigenvalue weighted by Gasteiger charge is -2.01. The van der Waals surface area contributed by atoms with Gasteiger partial charge in [-0.3, -0.25) is 9.59 Å². The number of carbonyl (C=O) groups excluding carboxylic acids is 2. The van der Waals surface area contributed by atoms with Gasteiger partial charge in [-0.1, -0.05) is 0 Å². The number of nitrogens with one attached hydrogen (secondary N) is 1. The molecule has 17 heavy (non-hydrogen) atoms. The van der Waals surface area contributed by atoms with Gasteiger partial charge in [0.1, 0.15) is 10.6 Å². The third-order valence-electron chi connectivity index (χ3n) is 1.98. The van der Waals surface area contributed by atoms with E-state index >= 15 is 0 Å². The van der Waals surface area contributed by atoms with E-state index in [9.17, 15) is 18.0 Å². The van der Waals surface area contributed by atoms with Gasteiger partial charge in [0.25, 0.3) is 5.91 Å². The molecule has 9 heteroatoms. The molecule has 0 aromatic carbocycles. The molecule has 0 aliphatic carbocycles. The second-order valence-electron chi connectivity index (χ2n) is 3.33. The second-order valence-corrected chi connectivity index (χ2v) is 5.09. The van der Waals surface area contributed by atoms with Gasteiger partial charge in [-0.2, -0.15) is 0 Å². The van der Waals surface area contributed by atoms with E-state index in [1.54, 1.807) is 0 Å². The Kier molecular flexibility index (Phi) is 3.53. The van der Waals surface area contributed by atoms with Gasteiger partial charge in [-0.15, -0.1) is 0 Å². The molecule has 8 nitrogen and oxygen atoms in total. The Hall–Kier alpha value is -1.87. The van der Waals surface area contributed by atoms with E-state index in [1.165, 1.54) is 17.8 Å². The van der Waals surface area contributed by atoms with Crippen LogP contribution in [0.3, 0.4) is 0 Å². The Morgan fingerprint density at radius 1 is 1.41 bits per heavy atom. The Balaban J connectivity index is 3.04. The molecule has 0 bridgehead atoms. The van der Waals surface area contributed by atoms with Gasteiger partial charge in [0.2, 0.25) is 15.9 Å². The summed E-state index contributed by atoms with van der Waals surface area (Å²) in [7, 11) is -2.39. The molecule has 0 aliphatic rings. The zero-order valence-electron chi connectivity index (χ0n) is 9.00. The average Bonchev–Trinajstić information content (AvgIpc) is 2.58. The molecule has 0 radical (unpaired) electrons. The summed E-state index contributed by atoms with van der Waals surface area (Å²) in [5.41, 5.74) is 9.91. The minimum absolute atomic E-state index is 0.0458. The van der Waals surface area contributed by atoms with Crippen LogP contribution in [0.4, 0.5) is 0 Å². The molecular formula is C8H12N4O4S. The van der Waals surface area contributed by atoms with Crippen LogP contribution >= 0.6 is 0 Å². The van der Waals surface area contributed by atoms with Gasteiger partial charge < -0.3 is 16.0 Å².